The van der Waals surface area contributed by atoms with Crippen molar-refractivity contribution in [2.24, 2.45) is 4.99 Å². The van der Waals surface area contributed by atoms with Gasteiger partial charge in [-0.15, -0.1) is 24.0 Å². The molecule has 0 bridgehead atoms. The lowest BCUT2D eigenvalue weighted by Gasteiger charge is -2.35. The minimum absolute atomic E-state index is 0. The minimum atomic E-state index is -0.221. The number of nitrogens with one attached hydrogen (secondary N) is 2. The molecule has 1 fully saturated rings. The second-order valence-corrected chi connectivity index (χ2v) is 7.54. The molecule has 0 aliphatic carbocycles. The number of pyridine rings is 1. The molecule has 1 aliphatic heterocycles. The van der Waals surface area contributed by atoms with Crippen molar-refractivity contribution in [1.29, 1.82) is 0 Å². The number of morpholine rings is 1. The van der Waals surface area contributed by atoms with Gasteiger partial charge in [0.1, 0.15) is 11.5 Å². The van der Waals surface area contributed by atoms with Crippen molar-refractivity contribution in [2.45, 2.75) is 12.5 Å². The molecule has 1 atom stereocenters. The van der Waals surface area contributed by atoms with Crippen LogP contribution in [0.5, 0.6) is 0 Å². The van der Waals surface area contributed by atoms with Crippen LogP contribution in [0.4, 0.5) is 4.39 Å². The molecule has 32 heavy (non-hydrogen) atoms. The number of halogens is 2. The van der Waals surface area contributed by atoms with Gasteiger partial charge in [-0.05, 0) is 29.8 Å². The van der Waals surface area contributed by atoms with E-state index in [1.54, 1.807) is 7.05 Å². The van der Waals surface area contributed by atoms with Gasteiger partial charge in [-0.1, -0.05) is 18.2 Å². The Balaban J connectivity index is 0.00000289. The molecule has 9 heteroatoms. The monoisotopic (exact) mass is 552 g/mol. The number of fused-ring (bicyclic) bond motifs is 1. The molecular weight excluding hydrogens is 522 g/mol. The van der Waals surface area contributed by atoms with Gasteiger partial charge < -0.3 is 19.8 Å². The third kappa shape index (κ3) is 6.39. The summed E-state index contributed by atoms with van der Waals surface area (Å²) >= 11 is 0. The third-order valence-corrected chi connectivity index (χ3v) is 5.52. The highest BCUT2D eigenvalue weighted by molar-refractivity contribution is 14.0. The maximum absolute atomic E-state index is 13.4. The van der Waals surface area contributed by atoms with Crippen molar-refractivity contribution in [3.8, 4) is 0 Å². The Morgan fingerprint density at radius 3 is 2.66 bits per heavy atom. The Kier molecular flexibility index (Phi) is 9.24. The van der Waals surface area contributed by atoms with Crippen molar-refractivity contribution in [2.75, 3.05) is 46.4 Å². The number of nitrogens with zero attached hydrogens (tertiary/aromatic N) is 4. The van der Waals surface area contributed by atoms with Gasteiger partial charge in [0, 0.05) is 52.0 Å². The molecule has 172 valence electrons. The lowest BCUT2D eigenvalue weighted by atomic mass is 10.0. The summed E-state index contributed by atoms with van der Waals surface area (Å²) in [5.41, 5.74) is 3.07. The summed E-state index contributed by atoms with van der Waals surface area (Å²) in [5.74, 6) is 0.519. The van der Waals surface area contributed by atoms with E-state index in [4.69, 9.17) is 4.74 Å². The molecule has 2 N–H and O–H groups in total. The van der Waals surface area contributed by atoms with E-state index in [9.17, 15) is 4.39 Å². The molecule has 0 radical (unpaired) electrons. The van der Waals surface area contributed by atoms with Crippen molar-refractivity contribution in [3.05, 3.63) is 71.9 Å². The van der Waals surface area contributed by atoms with Crippen LogP contribution in [0.25, 0.3) is 5.65 Å². The quantitative estimate of drug-likeness (QED) is 0.268. The number of aromatic nitrogens is 2. The Hall–Kier alpha value is -2.24. The summed E-state index contributed by atoms with van der Waals surface area (Å²) in [7, 11) is 1.77. The topological polar surface area (TPSA) is 66.2 Å². The maximum Gasteiger partial charge on any atom is 0.191 e. The highest BCUT2D eigenvalue weighted by Crippen LogP contribution is 2.21. The first-order chi connectivity index (χ1) is 15.2. The summed E-state index contributed by atoms with van der Waals surface area (Å²) in [6.45, 7) is 4.52. The molecule has 0 saturated carbocycles. The van der Waals surface area contributed by atoms with E-state index in [1.807, 2.05) is 40.9 Å². The average Bonchev–Trinajstić information content (AvgIpc) is 3.22. The summed E-state index contributed by atoms with van der Waals surface area (Å²) in [6, 6.07) is 12.8. The fourth-order valence-corrected chi connectivity index (χ4v) is 3.86. The number of benzene rings is 1. The largest absolute Gasteiger partial charge is 0.379 e. The molecule has 7 nitrogen and oxygen atoms in total. The third-order valence-electron chi connectivity index (χ3n) is 5.52. The number of hydrogen-bond acceptors (Lipinski definition) is 4. The zero-order valence-corrected chi connectivity index (χ0v) is 20.5. The molecule has 1 saturated heterocycles. The maximum atomic E-state index is 13.4. The lowest BCUT2D eigenvalue weighted by Crippen LogP contribution is -2.46. The molecule has 2 aromatic heterocycles. The van der Waals surface area contributed by atoms with Crippen LogP contribution in [0.1, 0.15) is 17.3 Å². The highest BCUT2D eigenvalue weighted by atomic mass is 127. The van der Waals surface area contributed by atoms with Gasteiger partial charge in [-0.3, -0.25) is 9.89 Å². The van der Waals surface area contributed by atoms with Crippen LogP contribution in [-0.4, -0.2) is 66.7 Å². The zero-order chi connectivity index (χ0) is 21.5. The molecule has 1 aromatic carbocycles. The Morgan fingerprint density at radius 1 is 1.16 bits per heavy atom. The number of aliphatic imine (C=N–C) groups is 1. The van der Waals surface area contributed by atoms with Gasteiger partial charge in [-0.2, -0.15) is 0 Å². The van der Waals surface area contributed by atoms with Crippen molar-refractivity contribution < 1.29 is 9.13 Å². The number of ether oxygens (including phenoxy) is 1. The Bertz CT molecular complexity index is 970. The van der Waals surface area contributed by atoms with Gasteiger partial charge in [-0.25, -0.2) is 9.37 Å². The predicted molar refractivity (Wildman–Crippen MR) is 135 cm³/mol. The minimum Gasteiger partial charge on any atom is -0.379 e. The van der Waals surface area contributed by atoms with Gasteiger partial charge in [0.2, 0.25) is 0 Å². The molecule has 3 aromatic rings. The van der Waals surface area contributed by atoms with Crippen LogP contribution in [0.15, 0.2) is 59.9 Å². The Labute approximate surface area is 205 Å². The van der Waals surface area contributed by atoms with Crippen molar-refractivity contribution in [3.63, 3.8) is 0 Å². The van der Waals surface area contributed by atoms with E-state index < -0.39 is 0 Å². The van der Waals surface area contributed by atoms with Crippen LogP contribution in [0.2, 0.25) is 0 Å². The zero-order valence-electron chi connectivity index (χ0n) is 18.2. The van der Waals surface area contributed by atoms with Crippen LogP contribution < -0.4 is 10.6 Å². The van der Waals surface area contributed by atoms with E-state index in [1.165, 1.54) is 12.1 Å². The first-order valence-electron chi connectivity index (χ1n) is 10.7. The molecule has 1 aliphatic rings. The summed E-state index contributed by atoms with van der Waals surface area (Å²) in [5, 5.41) is 6.80. The van der Waals surface area contributed by atoms with E-state index in [0.717, 1.165) is 48.9 Å². The average molecular weight is 552 g/mol. The van der Waals surface area contributed by atoms with E-state index in [2.05, 4.69) is 31.7 Å². The van der Waals surface area contributed by atoms with Gasteiger partial charge in [0.15, 0.2) is 5.96 Å². The normalized spacial score (nSPS) is 15.9. The molecule has 1 unspecified atom stereocenters. The molecule has 0 amide bonds. The van der Waals surface area contributed by atoms with Gasteiger partial charge >= 0.3 is 0 Å². The number of hydrogen-bond donors (Lipinski definition) is 2. The molecular formula is C23H30FIN6O. The second-order valence-electron chi connectivity index (χ2n) is 7.54. The fourth-order valence-electron chi connectivity index (χ4n) is 3.86. The first kappa shape index (κ1) is 24.4. The number of rotatable bonds is 7. The fraction of sp³-hybridized carbons (Fsp3) is 0.391. The number of guanidine groups is 1. The van der Waals surface area contributed by atoms with Crippen LogP contribution in [-0.2, 0) is 11.2 Å². The highest BCUT2D eigenvalue weighted by Gasteiger charge is 2.23. The second kappa shape index (κ2) is 12.1. The van der Waals surface area contributed by atoms with Crippen LogP contribution >= 0.6 is 24.0 Å². The lowest BCUT2D eigenvalue weighted by molar-refractivity contribution is 0.0170. The smallest absolute Gasteiger partial charge is 0.191 e. The molecule has 4 rings (SSSR count). The summed E-state index contributed by atoms with van der Waals surface area (Å²) in [6.07, 6.45) is 4.85. The van der Waals surface area contributed by atoms with E-state index >= 15 is 0 Å². The van der Waals surface area contributed by atoms with E-state index in [-0.39, 0.29) is 35.8 Å². The Morgan fingerprint density at radius 2 is 1.94 bits per heavy atom. The van der Waals surface area contributed by atoms with Crippen molar-refractivity contribution in [1.82, 2.24) is 24.9 Å². The van der Waals surface area contributed by atoms with Crippen LogP contribution in [0, 0.1) is 5.82 Å². The molecule has 3 heterocycles. The molecule has 0 spiro atoms. The summed E-state index contributed by atoms with van der Waals surface area (Å²) in [4.78, 5) is 11.4. The number of imidazole rings is 1. The van der Waals surface area contributed by atoms with Crippen LogP contribution in [0.3, 0.4) is 0 Å². The summed E-state index contributed by atoms with van der Waals surface area (Å²) < 4.78 is 21.0. The van der Waals surface area contributed by atoms with E-state index in [0.29, 0.717) is 19.8 Å². The van der Waals surface area contributed by atoms with Crippen molar-refractivity contribution >= 4 is 35.6 Å². The SMILES string of the molecule is CN=C(NCCc1cn2ccccc2n1)NCC(c1ccc(F)cc1)N1CCOCC1.I. The predicted octanol–water partition coefficient (Wildman–Crippen LogP) is 2.87. The standard InChI is InChI=1S/C23H29FN6O.HI/c1-25-23(26-10-9-20-17-30-11-3-2-4-22(30)28-20)27-16-21(29-12-14-31-15-13-29)18-5-7-19(24)8-6-18;/h2-8,11,17,21H,9-10,12-16H2,1H3,(H2,25,26,27);1H. The van der Waals surface area contributed by atoms with Gasteiger partial charge in [0.25, 0.3) is 0 Å². The first-order valence-corrected chi connectivity index (χ1v) is 10.7. The van der Waals surface area contributed by atoms with Gasteiger partial charge in [0.05, 0.1) is 24.9 Å².